The number of nitrogens with zero attached hydrogens (tertiary/aromatic N) is 7. The van der Waals surface area contributed by atoms with Crippen LogP contribution in [-0.4, -0.2) is 75.6 Å². The highest BCUT2D eigenvalue weighted by molar-refractivity contribution is 5.66. The zero-order valence-electron chi connectivity index (χ0n) is 19.5. The van der Waals surface area contributed by atoms with Gasteiger partial charge in [0.15, 0.2) is 5.82 Å². The van der Waals surface area contributed by atoms with Crippen molar-refractivity contribution in [1.82, 2.24) is 29.6 Å². The average molecular weight is 451 g/mol. The van der Waals surface area contributed by atoms with Gasteiger partial charge in [-0.2, -0.15) is 5.10 Å². The van der Waals surface area contributed by atoms with E-state index in [0.29, 0.717) is 36.0 Å². The van der Waals surface area contributed by atoms with Gasteiger partial charge in [-0.25, -0.2) is 19.6 Å². The molecule has 1 N–H and O–H groups in total. The number of pyridine rings is 1. The lowest BCUT2D eigenvalue weighted by molar-refractivity contribution is 0.173. The van der Waals surface area contributed by atoms with E-state index in [-0.39, 0.29) is 6.10 Å². The van der Waals surface area contributed by atoms with E-state index in [4.69, 9.17) is 9.47 Å². The first kappa shape index (κ1) is 21.4. The van der Waals surface area contributed by atoms with E-state index < -0.39 is 0 Å². The number of rotatable bonds is 2. The number of aryl methyl sites for hydroxylation is 1. The largest absolute Gasteiger partial charge is 0.488 e. The van der Waals surface area contributed by atoms with Gasteiger partial charge >= 0.3 is 0 Å². The average Bonchev–Trinajstić information content (AvgIpc) is 3.41. The van der Waals surface area contributed by atoms with E-state index in [1.165, 1.54) is 0 Å². The van der Waals surface area contributed by atoms with Gasteiger partial charge in [0.25, 0.3) is 0 Å². The molecule has 4 bridgehead atoms. The van der Waals surface area contributed by atoms with Gasteiger partial charge in [0, 0.05) is 44.9 Å². The Balaban J connectivity index is 1.50. The molecule has 2 atom stereocenters. The molecule has 5 rings (SSSR count). The molecule has 0 unspecified atom stereocenters. The molecule has 2 aliphatic rings. The van der Waals surface area contributed by atoms with Crippen LogP contribution in [0.3, 0.4) is 0 Å². The molecule has 174 valence electrons. The first-order chi connectivity index (χ1) is 16.0. The second-order valence-corrected chi connectivity index (χ2v) is 8.83. The summed E-state index contributed by atoms with van der Waals surface area (Å²) in [7, 11) is 6.11. The summed E-state index contributed by atoms with van der Waals surface area (Å²) in [5.41, 5.74) is 1.77. The number of aromatic nitrogens is 5. The Hall–Kier alpha value is -3.40. The molecule has 0 saturated carbocycles. The lowest BCUT2D eigenvalue weighted by Crippen LogP contribution is -2.31. The van der Waals surface area contributed by atoms with Crippen LogP contribution < -0.4 is 19.7 Å². The minimum atomic E-state index is -0.0417. The number of ether oxygens (including phenoxy) is 2. The normalized spacial score (nSPS) is 20.5. The third-order valence-electron chi connectivity index (χ3n) is 6.21. The fourth-order valence-corrected chi connectivity index (χ4v) is 4.25. The quantitative estimate of drug-likeness (QED) is 0.632. The molecule has 3 aromatic heterocycles. The summed E-state index contributed by atoms with van der Waals surface area (Å²) in [5.74, 6) is 3.31. The molecule has 1 fully saturated rings. The van der Waals surface area contributed by atoms with Crippen LogP contribution in [0.15, 0.2) is 30.7 Å². The van der Waals surface area contributed by atoms with Crippen LogP contribution in [0.5, 0.6) is 11.6 Å². The molecule has 3 aromatic rings. The molecule has 0 aliphatic carbocycles. The highest BCUT2D eigenvalue weighted by Gasteiger charge is 2.27. The zero-order chi connectivity index (χ0) is 22.9. The SMILES string of the molecule is C[C@H]1CCOc2c(cnn2C)-c2nccc(n2)Nc2cc(c(N3CC[C@@H](N(C)C)C3)cn2)O1. The second-order valence-electron chi connectivity index (χ2n) is 8.83. The summed E-state index contributed by atoms with van der Waals surface area (Å²) in [5, 5.41) is 7.63. The molecule has 1 saturated heterocycles. The topological polar surface area (TPSA) is 93.5 Å². The molecule has 10 heteroatoms. The molecule has 10 nitrogen and oxygen atoms in total. The lowest BCUT2D eigenvalue weighted by Gasteiger charge is -2.25. The predicted octanol–water partition coefficient (Wildman–Crippen LogP) is 2.71. The summed E-state index contributed by atoms with van der Waals surface area (Å²) in [6, 6.07) is 4.29. The van der Waals surface area contributed by atoms with Crippen molar-refractivity contribution in [3.8, 4) is 23.0 Å². The Bertz CT molecular complexity index is 1130. The zero-order valence-corrected chi connectivity index (χ0v) is 19.5. The minimum absolute atomic E-state index is 0.0417. The Morgan fingerprint density at radius 1 is 1.15 bits per heavy atom. The molecule has 5 heterocycles. The van der Waals surface area contributed by atoms with Gasteiger partial charge in [0.05, 0.1) is 30.8 Å². The molecular formula is C23H30N8O2. The van der Waals surface area contributed by atoms with Crippen molar-refractivity contribution in [1.29, 1.82) is 0 Å². The number of nitrogens with one attached hydrogen (secondary N) is 1. The summed E-state index contributed by atoms with van der Waals surface area (Å²) in [6.45, 7) is 4.48. The van der Waals surface area contributed by atoms with Gasteiger partial charge < -0.3 is 24.6 Å². The van der Waals surface area contributed by atoms with Gasteiger partial charge in [0.2, 0.25) is 5.88 Å². The van der Waals surface area contributed by atoms with Crippen molar-refractivity contribution in [2.24, 2.45) is 7.05 Å². The number of likely N-dealkylation sites (N-methyl/N-ethyl adjacent to an activating group) is 1. The Morgan fingerprint density at radius 2 is 2.03 bits per heavy atom. The minimum Gasteiger partial charge on any atom is -0.488 e. The van der Waals surface area contributed by atoms with Crippen molar-refractivity contribution >= 4 is 17.3 Å². The Kier molecular flexibility index (Phi) is 5.76. The summed E-state index contributed by atoms with van der Waals surface area (Å²) in [4.78, 5) is 18.4. The maximum Gasteiger partial charge on any atom is 0.222 e. The monoisotopic (exact) mass is 450 g/mol. The molecule has 2 aliphatic heterocycles. The fourth-order valence-electron chi connectivity index (χ4n) is 4.25. The van der Waals surface area contributed by atoms with Crippen molar-refractivity contribution in [2.45, 2.75) is 31.9 Å². The van der Waals surface area contributed by atoms with Crippen LogP contribution in [-0.2, 0) is 7.05 Å². The predicted molar refractivity (Wildman–Crippen MR) is 126 cm³/mol. The van der Waals surface area contributed by atoms with Crippen molar-refractivity contribution in [2.75, 3.05) is 44.0 Å². The van der Waals surface area contributed by atoms with Gasteiger partial charge in [-0.15, -0.1) is 0 Å². The van der Waals surface area contributed by atoms with E-state index in [1.807, 2.05) is 25.4 Å². The van der Waals surface area contributed by atoms with E-state index in [2.05, 4.69) is 56.2 Å². The third-order valence-corrected chi connectivity index (χ3v) is 6.21. The second kappa shape index (κ2) is 8.86. The first-order valence-corrected chi connectivity index (χ1v) is 11.3. The first-order valence-electron chi connectivity index (χ1n) is 11.3. The molecule has 0 aromatic carbocycles. The standard InChI is InChI=1S/C23H30N8O2/c1-15-7-10-32-23-17(12-26-30(23)4)22-24-8-5-20(28-22)27-21-11-19(33-15)18(13-25-21)31-9-6-16(14-31)29(2)3/h5,8,11-13,15-16H,6-7,9-10,14H2,1-4H3,(H,24,25,27,28)/t15-,16+/m0/s1. The number of hydrogen-bond acceptors (Lipinski definition) is 9. The van der Waals surface area contributed by atoms with Crippen LogP contribution in [0.2, 0.25) is 0 Å². The molecule has 33 heavy (non-hydrogen) atoms. The summed E-state index contributed by atoms with van der Waals surface area (Å²) in [6.07, 6.45) is 7.13. The summed E-state index contributed by atoms with van der Waals surface area (Å²) < 4.78 is 14.2. The molecular weight excluding hydrogens is 420 g/mol. The van der Waals surface area contributed by atoms with Gasteiger partial charge in [-0.3, -0.25) is 0 Å². The van der Waals surface area contributed by atoms with Gasteiger partial charge in [-0.1, -0.05) is 0 Å². The van der Waals surface area contributed by atoms with Crippen LogP contribution in [0.1, 0.15) is 19.8 Å². The smallest absolute Gasteiger partial charge is 0.222 e. The molecule has 0 radical (unpaired) electrons. The Morgan fingerprint density at radius 3 is 2.85 bits per heavy atom. The maximum atomic E-state index is 6.42. The summed E-state index contributed by atoms with van der Waals surface area (Å²) >= 11 is 0. The molecule has 0 spiro atoms. The number of anilines is 3. The lowest BCUT2D eigenvalue weighted by atomic mass is 10.2. The third kappa shape index (κ3) is 4.43. The van der Waals surface area contributed by atoms with Crippen LogP contribution >= 0.6 is 0 Å². The molecule has 0 amide bonds. The van der Waals surface area contributed by atoms with Gasteiger partial charge in [0.1, 0.15) is 22.9 Å². The van der Waals surface area contributed by atoms with Crippen LogP contribution in [0.4, 0.5) is 17.3 Å². The van der Waals surface area contributed by atoms with E-state index >= 15 is 0 Å². The van der Waals surface area contributed by atoms with E-state index in [1.54, 1.807) is 17.1 Å². The van der Waals surface area contributed by atoms with E-state index in [0.717, 1.165) is 42.9 Å². The van der Waals surface area contributed by atoms with Crippen molar-refractivity contribution in [3.05, 3.63) is 30.7 Å². The highest BCUT2D eigenvalue weighted by atomic mass is 16.5. The van der Waals surface area contributed by atoms with Crippen LogP contribution in [0.25, 0.3) is 11.4 Å². The number of fused-ring (bicyclic) bond motifs is 6. The maximum absolute atomic E-state index is 6.42. The van der Waals surface area contributed by atoms with Crippen molar-refractivity contribution in [3.63, 3.8) is 0 Å². The van der Waals surface area contributed by atoms with Gasteiger partial charge in [-0.05, 0) is 33.5 Å². The fraction of sp³-hybridized carbons (Fsp3) is 0.478. The number of hydrogen-bond donors (Lipinski definition) is 1. The Labute approximate surface area is 193 Å². The highest BCUT2D eigenvalue weighted by Crippen LogP contribution is 2.35. The van der Waals surface area contributed by atoms with Crippen LogP contribution in [0, 0.1) is 0 Å². The van der Waals surface area contributed by atoms with E-state index in [9.17, 15) is 0 Å². The van der Waals surface area contributed by atoms with Crippen molar-refractivity contribution < 1.29 is 9.47 Å².